The maximum absolute atomic E-state index is 14.1. The molecule has 0 bridgehead atoms. The fourth-order valence-electron chi connectivity index (χ4n) is 2.25. The van der Waals surface area contributed by atoms with Crippen LogP contribution in [0.3, 0.4) is 0 Å². The van der Waals surface area contributed by atoms with Gasteiger partial charge < -0.3 is 5.11 Å². The van der Waals surface area contributed by atoms with Crippen LogP contribution in [0.15, 0.2) is 0 Å². The van der Waals surface area contributed by atoms with Gasteiger partial charge in [0.25, 0.3) is 0 Å². The van der Waals surface area contributed by atoms with Crippen molar-refractivity contribution >= 4 is 5.97 Å². The molecule has 0 atom stereocenters. The summed E-state index contributed by atoms with van der Waals surface area (Å²) < 4.78 is 252. The molecule has 1 aromatic carbocycles. The minimum absolute atomic E-state index is 3.66. The minimum Gasteiger partial charge on any atom is -0.477 e. The van der Waals surface area contributed by atoms with E-state index in [4.69, 9.17) is 5.11 Å². The van der Waals surface area contributed by atoms with Crippen LogP contribution in [0.2, 0.25) is 0 Å². The molecule has 0 spiro atoms. The summed E-state index contributed by atoms with van der Waals surface area (Å²) in [7, 11) is 0. The predicted molar refractivity (Wildman–Crippen MR) is 67.5 cm³/mol. The molecule has 1 aromatic rings. The lowest BCUT2D eigenvalue weighted by atomic mass is 9.86. The van der Waals surface area contributed by atoms with Gasteiger partial charge in [0.15, 0.2) is 23.3 Å². The molecule has 0 heterocycles. The van der Waals surface area contributed by atoms with Gasteiger partial charge in [0.1, 0.15) is 0 Å². The molecule has 0 unspecified atom stereocenters. The van der Waals surface area contributed by atoms with Crippen LogP contribution in [-0.2, 0) is 16.6 Å². The lowest BCUT2D eigenvalue weighted by Crippen LogP contribution is -2.69. The van der Waals surface area contributed by atoms with Crippen molar-refractivity contribution in [1.82, 2.24) is 0 Å². The lowest BCUT2D eigenvalue weighted by molar-refractivity contribution is -0.442. The molecule has 0 saturated heterocycles. The van der Waals surface area contributed by atoms with Gasteiger partial charge in [-0.25, -0.2) is 22.4 Å². The third-order valence-corrected chi connectivity index (χ3v) is 4.10. The first-order chi connectivity index (χ1) is 15.1. The van der Waals surface area contributed by atoms with E-state index >= 15 is 0 Å². The van der Waals surface area contributed by atoms with E-state index < -0.39 is 82.1 Å². The van der Waals surface area contributed by atoms with Gasteiger partial charge in [-0.05, 0) is 0 Å². The normalized spacial score (nSPS) is 14.9. The monoisotopic (exact) mass is 562 g/mol. The van der Waals surface area contributed by atoms with Crippen molar-refractivity contribution < 1.29 is 93.3 Å². The number of carbonyl (C=O) groups is 1. The van der Waals surface area contributed by atoms with Crippen LogP contribution < -0.4 is 0 Å². The van der Waals surface area contributed by atoms with Gasteiger partial charge in [-0.2, -0.15) is 65.9 Å². The first kappa shape index (κ1) is 30.4. The average molecular weight is 562 g/mol. The summed E-state index contributed by atoms with van der Waals surface area (Å²) in [6, 6.07) is 0. The topological polar surface area (TPSA) is 37.3 Å². The molecule has 0 saturated carbocycles. The summed E-state index contributed by atoms with van der Waals surface area (Å²) in [4.78, 5) is 10.4. The van der Waals surface area contributed by atoms with Gasteiger partial charge in [-0.15, -0.1) is 0 Å². The zero-order chi connectivity index (χ0) is 28.5. The highest BCUT2D eigenvalue weighted by Gasteiger charge is 2.91. The van der Waals surface area contributed by atoms with Crippen LogP contribution in [0.5, 0.6) is 0 Å². The third-order valence-electron chi connectivity index (χ3n) is 4.10. The molecule has 0 aromatic heterocycles. The molecule has 0 aliphatic heterocycles. The van der Waals surface area contributed by atoms with Crippen LogP contribution in [0, 0.1) is 23.3 Å². The van der Waals surface area contributed by atoms with Crippen LogP contribution in [0.1, 0.15) is 11.1 Å². The van der Waals surface area contributed by atoms with Crippen molar-refractivity contribution in [1.29, 1.82) is 0 Å². The van der Waals surface area contributed by atoms with Crippen molar-refractivity contribution in [3.05, 3.63) is 34.4 Å². The maximum Gasteiger partial charge on any atom is 0.460 e. The van der Waals surface area contributed by atoms with Crippen molar-refractivity contribution in [2.24, 2.45) is 0 Å². The Kier molecular flexibility index (Phi) is 6.89. The summed E-state index contributed by atoms with van der Waals surface area (Å²) >= 11 is 0. The number of hydrogen-bond donors (Lipinski definition) is 1. The zero-order valence-corrected chi connectivity index (χ0v) is 15.0. The van der Waals surface area contributed by atoms with Crippen molar-refractivity contribution in [3.8, 4) is 0 Å². The van der Waals surface area contributed by atoms with Gasteiger partial charge in [-0.1, -0.05) is 0 Å². The second-order valence-electron chi connectivity index (χ2n) is 6.26. The van der Waals surface area contributed by atoms with E-state index in [-0.39, 0.29) is 0 Å². The van der Waals surface area contributed by atoms with Gasteiger partial charge in [-0.3, -0.25) is 0 Å². The zero-order valence-electron chi connectivity index (χ0n) is 15.0. The number of carboxylic acid groups (broad SMARTS) is 1. The molecule has 1 rings (SSSR count). The number of halogens is 19. The number of carboxylic acids is 1. The Balaban J connectivity index is 4.19. The van der Waals surface area contributed by atoms with Gasteiger partial charge in [0.05, 0.1) is 11.1 Å². The smallest absolute Gasteiger partial charge is 0.460 e. The second-order valence-corrected chi connectivity index (χ2v) is 6.26. The number of hydrogen-bond acceptors (Lipinski definition) is 1. The molecule has 35 heavy (non-hydrogen) atoms. The van der Waals surface area contributed by atoms with E-state index in [0.717, 1.165) is 0 Å². The van der Waals surface area contributed by atoms with Crippen LogP contribution >= 0.6 is 0 Å². The van der Waals surface area contributed by atoms with Crippen molar-refractivity contribution in [2.75, 3.05) is 0 Å². The van der Waals surface area contributed by atoms with Gasteiger partial charge in [0, 0.05) is 0 Å². The number of aliphatic carboxylic acids is 1. The average Bonchev–Trinajstić information content (AvgIpc) is 2.66. The van der Waals surface area contributed by atoms with Crippen LogP contribution in [0.4, 0.5) is 83.4 Å². The fourth-order valence-corrected chi connectivity index (χ4v) is 2.25. The Morgan fingerprint density at radius 3 is 1.11 bits per heavy atom. The van der Waals surface area contributed by atoms with E-state index in [0.29, 0.717) is 0 Å². The standard InChI is InChI=1S/C14HF19O2/c15-3-1(8(19,20)7(34)35)2(4(16)6(18)5(3)17)9(21,22)10(23,24)11(25,26)12(27,28)13(29,30)14(31,32)33/h(H,34,35). The Bertz CT molecular complexity index is 1020. The van der Waals surface area contributed by atoms with E-state index in [9.17, 15) is 88.2 Å². The molecular formula is C14HF19O2. The highest BCUT2D eigenvalue weighted by atomic mass is 19.4. The number of rotatable bonds is 7. The highest BCUT2D eigenvalue weighted by Crippen LogP contribution is 2.63. The van der Waals surface area contributed by atoms with E-state index in [1.807, 2.05) is 0 Å². The van der Waals surface area contributed by atoms with Gasteiger partial charge in [0.2, 0.25) is 0 Å². The van der Waals surface area contributed by atoms with E-state index in [1.165, 1.54) is 0 Å². The van der Waals surface area contributed by atoms with Crippen LogP contribution in [-0.4, -0.2) is 40.9 Å². The second kappa shape index (κ2) is 7.93. The quantitative estimate of drug-likeness (QED) is 0.231. The molecule has 0 amide bonds. The minimum atomic E-state index is -8.73. The molecule has 0 radical (unpaired) electrons. The third kappa shape index (κ3) is 3.80. The summed E-state index contributed by atoms with van der Waals surface area (Å²) in [5.41, 5.74) is -8.83. The summed E-state index contributed by atoms with van der Waals surface area (Å²) in [6.07, 6.45) is -7.88. The summed E-state index contributed by atoms with van der Waals surface area (Å²) in [5, 5.41) is 8.17. The van der Waals surface area contributed by atoms with Gasteiger partial charge >= 0.3 is 47.7 Å². The molecule has 1 N–H and O–H groups in total. The molecule has 0 fully saturated rings. The largest absolute Gasteiger partial charge is 0.477 e. The van der Waals surface area contributed by atoms with E-state index in [2.05, 4.69) is 0 Å². The number of benzene rings is 1. The Hall–Kier alpha value is -2.64. The summed E-state index contributed by atoms with van der Waals surface area (Å²) in [5.74, 6) is -68.6. The Labute approximate surface area is 176 Å². The Morgan fingerprint density at radius 2 is 0.800 bits per heavy atom. The molecular weight excluding hydrogens is 561 g/mol. The number of alkyl halides is 15. The first-order valence-electron chi connectivity index (χ1n) is 7.52. The maximum atomic E-state index is 14.1. The first-order valence-corrected chi connectivity index (χ1v) is 7.52. The molecule has 0 aliphatic carbocycles. The molecule has 21 heteroatoms. The lowest BCUT2D eigenvalue weighted by Gasteiger charge is -2.40. The molecule has 0 aliphatic rings. The van der Waals surface area contributed by atoms with Crippen LogP contribution in [0.25, 0.3) is 0 Å². The predicted octanol–water partition coefficient (Wildman–Crippen LogP) is 6.61. The van der Waals surface area contributed by atoms with Crippen molar-refractivity contribution in [3.63, 3.8) is 0 Å². The SMILES string of the molecule is O=C(O)C(F)(F)c1c(F)c(F)c(F)c(F)c1C(F)(F)C(F)(F)C(F)(F)C(F)(F)C(F)(F)C(F)(F)F. The molecule has 202 valence electrons. The fraction of sp³-hybridized carbons (Fsp3) is 0.500. The summed E-state index contributed by atoms with van der Waals surface area (Å²) in [6.45, 7) is 0. The Morgan fingerprint density at radius 1 is 0.486 bits per heavy atom. The highest BCUT2D eigenvalue weighted by molar-refractivity contribution is 5.78. The van der Waals surface area contributed by atoms with Crippen molar-refractivity contribution in [2.45, 2.75) is 41.7 Å². The molecule has 2 nitrogen and oxygen atoms in total. The van der Waals surface area contributed by atoms with E-state index in [1.54, 1.807) is 0 Å².